The highest BCUT2D eigenvalue weighted by Gasteiger charge is 2.08. The van der Waals surface area contributed by atoms with Gasteiger partial charge in [0.25, 0.3) is 0 Å². The summed E-state index contributed by atoms with van der Waals surface area (Å²) in [7, 11) is 0. The first-order valence-electron chi connectivity index (χ1n) is 6.08. The molecule has 0 saturated carbocycles. The molecule has 4 heteroatoms. The van der Waals surface area contributed by atoms with Gasteiger partial charge in [-0.05, 0) is 31.2 Å². The van der Waals surface area contributed by atoms with E-state index in [1.165, 1.54) is 0 Å². The second-order valence-electron chi connectivity index (χ2n) is 4.03. The molecule has 0 N–H and O–H groups in total. The van der Waals surface area contributed by atoms with E-state index in [2.05, 4.69) is 10.2 Å². The van der Waals surface area contributed by atoms with Crippen LogP contribution in [0.4, 0.5) is 0 Å². The monoisotopic (exact) mass is 251 g/mol. The predicted octanol–water partition coefficient (Wildman–Crippen LogP) is 3.33. The molecule has 0 atom stereocenters. The second-order valence-corrected chi connectivity index (χ2v) is 4.03. The van der Waals surface area contributed by atoms with Crippen LogP contribution in [0, 0.1) is 0 Å². The number of nitrogens with zero attached hydrogens (tertiary/aromatic N) is 3. The maximum Gasteiger partial charge on any atom is 0.153 e. The van der Waals surface area contributed by atoms with E-state index in [0.29, 0.717) is 0 Å². The number of ether oxygens (including phenoxy) is 1. The summed E-state index contributed by atoms with van der Waals surface area (Å²) in [5.41, 5.74) is 2.54. The summed E-state index contributed by atoms with van der Waals surface area (Å²) in [6.07, 6.45) is 3.48. The number of benzene rings is 2. The van der Waals surface area contributed by atoms with Gasteiger partial charge in [0, 0.05) is 0 Å². The molecule has 1 aromatic heterocycles. The van der Waals surface area contributed by atoms with Crippen LogP contribution in [-0.2, 0) is 0 Å². The van der Waals surface area contributed by atoms with Crippen molar-refractivity contribution in [3.8, 4) is 11.4 Å². The van der Waals surface area contributed by atoms with Gasteiger partial charge in [-0.15, -0.1) is 15.0 Å². The normalized spacial score (nSPS) is 11.2. The van der Waals surface area contributed by atoms with E-state index in [4.69, 9.17) is 4.74 Å². The van der Waals surface area contributed by atoms with Crippen molar-refractivity contribution in [1.29, 1.82) is 0 Å². The molecule has 3 aromatic rings. The molecule has 2 aromatic carbocycles. The Morgan fingerprint density at radius 2 is 1.58 bits per heavy atom. The molecule has 1 heterocycles. The summed E-state index contributed by atoms with van der Waals surface area (Å²) >= 11 is 0. The molecule has 19 heavy (non-hydrogen) atoms. The largest absolute Gasteiger partial charge is 0.463 e. The van der Waals surface area contributed by atoms with Gasteiger partial charge in [-0.2, -0.15) is 0 Å². The minimum absolute atomic E-state index is 0.723. The standard InChI is InChI=1S/C15H13N3O/c1-2-11-19-15-10-6-5-9-14(15)18-16-12-7-3-4-8-13(12)17-18/h2-11H,1H3. The van der Waals surface area contributed by atoms with Gasteiger partial charge in [-0.1, -0.05) is 30.3 Å². The first-order chi connectivity index (χ1) is 9.38. The third-order valence-corrected chi connectivity index (χ3v) is 2.70. The molecule has 0 amide bonds. The lowest BCUT2D eigenvalue weighted by atomic mass is 10.3. The molecule has 0 fully saturated rings. The molecule has 0 spiro atoms. The Morgan fingerprint density at radius 3 is 2.26 bits per heavy atom. The summed E-state index contributed by atoms with van der Waals surface area (Å²) < 4.78 is 5.56. The average molecular weight is 251 g/mol. The highest BCUT2D eigenvalue weighted by atomic mass is 16.5. The predicted molar refractivity (Wildman–Crippen MR) is 74.3 cm³/mol. The van der Waals surface area contributed by atoms with Crippen LogP contribution in [0.15, 0.2) is 60.9 Å². The first-order valence-corrected chi connectivity index (χ1v) is 6.08. The lowest BCUT2D eigenvalue weighted by Crippen LogP contribution is -2.00. The molecule has 0 unspecified atom stereocenters. The fourth-order valence-corrected chi connectivity index (χ4v) is 1.83. The van der Waals surface area contributed by atoms with Gasteiger partial charge in [0.1, 0.15) is 16.7 Å². The molecule has 0 saturated heterocycles. The molecule has 0 radical (unpaired) electrons. The van der Waals surface area contributed by atoms with Crippen molar-refractivity contribution < 1.29 is 4.74 Å². The zero-order chi connectivity index (χ0) is 13.1. The molecule has 94 valence electrons. The summed E-state index contributed by atoms with van der Waals surface area (Å²) in [5.74, 6) is 0.723. The molecular weight excluding hydrogens is 238 g/mol. The van der Waals surface area contributed by atoms with Crippen molar-refractivity contribution in [2.45, 2.75) is 6.92 Å². The highest BCUT2D eigenvalue weighted by Crippen LogP contribution is 2.22. The topological polar surface area (TPSA) is 39.9 Å². The van der Waals surface area contributed by atoms with Crippen LogP contribution >= 0.6 is 0 Å². The van der Waals surface area contributed by atoms with E-state index in [9.17, 15) is 0 Å². The summed E-state index contributed by atoms with van der Waals surface area (Å²) in [4.78, 5) is 1.60. The third-order valence-electron chi connectivity index (χ3n) is 2.70. The highest BCUT2D eigenvalue weighted by molar-refractivity contribution is 5.73. The van der Waals surface area contributed by atoms with Gasteiger partial charge in [0.15, 0.2) is 5.75 Å². The van der Waals surface area contributed by atoms with E-state index in [-0.39, 0.29) is 0 Å². The zero-order valence-electron chi connectivity index (χ0n) is 10.5. The first kappa shape index (κ1) is 11.5. The Hall–Kier alpha value is -2.62. The number of hydrogen-bond donors (Lipinski definition) is 0. The Bertz CT molecular complexity index is 698. The molecule has 4 nitrogen and oxygen atoms in total. The van der Waals surface area contributed by atoms with Crippen LogP contribution in [0.25, 0.3) is 16.7 Å². The van der Waals surface area contributed by atoms with Crippen molar-refractivity contribution in [3.05, 3.63) is 60.9 Å². The minimum Gasteiger partial charge on any atom is -0.463 e. The van der Waals surface area contributed by atoms with E-state index in [0.717, 1.165) is 22.5 Å². The van der Waals surface area contributed by atoms with Crippen LogP contribution in [-0.4, -0.2) is 15.0 Å². The lowest BCUT2D eigenvalue weighted by Gasteiger charge is -2.06. The van der Waals surface area contributed by atoms with Crippen LogP contribution in [0.3, 0.4) is 0 Å². The molecule has 0 aliphatic rings. The van der Waals surface area contributed by atoms with Crippen molar-refractivity contribution >= 4 is 11.0 Å². The van der Waals surface area contributed by atoms with Crippen molar-refractivity contribution in [3.63, 3.8) is 0 Å². The van der Waals surface area contributed by atoms with Gasteiger partial charge in [-0.25, -0.2) is 0 Å². The number of allylic oxidation sites excluding steroid dienone is 1. The minimum atomic E-state index is 0.723. The lowest BCUT2D eigenvalue weighted by molar-refractivity contribution is 0.473. The number of fused-ring (bicyclic) bond motifs is 1. The second kappa shape index (κ2) is 4.94. The Labute approximate surface area is 110 Å². The van der Waals surface area contributed by atoms with Gasteiger partial charge >= 0.3 is 0 Å². The maximum atomic E-state index is 5.56. The Morgan fingerprint density at radius 1 is 0.947 bits per heavy atom. The summed E-state index contributed by atoms with van der Waals surface area (Å²) in [6.45, 7) is 1.91. The average Bonchev–Trinajstić information content (AvgIpc) is 2.89. The molecule has 0 aliphatic heterocycles. The van der Waals surface area contributed by atoms with Crippen molar-refractivity contribution in [1.82, 2.24) is 15.0 Å². The van der Waals surface area contributed by atoms with Gasteiger partial charge in [0.2, 0.25) is 0 Å². The number of rotatable bonds is 3. The Kier molecular flexibility index (Phi) is 2.98. The van der Waals surface area contributed by atoms with Crippen LogP contribution in [0.1, 0.15) is 6.92 Å². The zero-order valence-corrected chi connectivity index (χ0v) is 10.5. The number of hydrogen-bond acceptors (Lipinski definition) is 3. The van der Waals surface area contributed by atoms with E-state index in [1.54, 1.807) is 11.1 Å². The van der Waals surface area contributed by atoms with Crippen molar-refractivity contribution in [2.75, 3.05) is 0 Å². The molecule has 0 aliphatic carbocycles. The molecular formula is C15H13N3O. The van der Waals surface area contributed by atoms with E-state index in [1.807, 2.05) is 61.5 Å². The van der Waals surface area contributed by atoms with Crippen LogP contribution in [0.2, 0.25) is 0 Å². The quantitative estimate of drug-likeness (QED) is 0.670. The smallest absolute Gasteiger partial charge is 0.153 e. The van der Waals surface area contributed by atoms with Crippen molar-refractivity contribution in [2.24, 2.45) is 0 Å². The van der Waals surface area contributed by atoms with Crippen LogP contribution in [0.5, 0.6) is 5.75 Å². The number of aromatic nitrogens is 3. The maximum absolute atomic E-state index is 5.56. The SMILES string of the molecule is CC=COc1ccccc1-n1nc2ccccc2n1. The summed E-state index contributed by atoms with van der Waals surface area (Å²) in [5, 5.41) is 8.91. The van der Waals surface area contributed by atoms with Crippen LogP contribution < -0.4 is 4.74 Å². The van der Waals surface area contributed by atoms with Gasteiger partial charge < -0.3 is 4.74 Å². The van der Waals surface area contributed by atoms with Gasteiger partial charge in [0.05, 0.1) is 6.26 Å². The fraction of sp³-hybridized carbons (Fsp3) is 0.0667. The number of para-hydroxylation sites is 2. The third kappa shape index (κ3) is 2.20. The molecule has 3 rings (SSSR count). The Balaban J connectivity index is 2.10. The summed E-state index contributed by atoms with van der Waals surface area (Å²) in [6, 6.07) is 15.5. The van der Waals surface area contributed by atoms with E-state index >= 15 is 0 Å². The molecule has 0 bridgehead atoms. The van der Waals surface area contributed by atoms with Gasteiger partial charge in [-0.3, -0.25) is 0 Å². The van der Waals surface area contributed by atoms with E-state index < -0.39 is 0 Å². The fourth-order valence-electron chi connectivity index (χ4n) is 1.83.